The molecule has 0 bridgehead atoms. The number of rotatable bonds is 6. The fraction of sp³-hybridized carbons (Fsp3) is 0.348. The van der Waals surface area contributed by atoms with Crippen molar-refractivity contribution in [3.63, 3.8) is 0 Å². The van der Waals surface area contributed by atoms with Gasteiger partial charge in [0.2, 0.25) is 27.6 Å². The van der Waals surface area contributed by atoms with Gasteiger partial charge in [0, 0.05) is 25.7 Å². The minimum absolute atomic E-state index is 0.131. The lowest BCUT2D eigenvalue weighted by molar-refractivity contribution is -0.136. The second-order valence-corrected chi connectivity index (χ2v) is 10.0. The zero-order valence-corrected chi connectivity index (χ0v) is 19.0. The van der Waals surface area contributed by atoms with Crippen LogP contribution < -0.4 is 0 Å². The number of amides is 1. The van der Waals surface area contributed by atoms with Crippen molar-refractivity contribution in [2.24, 2.45) is 5.92 Å². The van der Waals surface area contributed by atoms with Crippen LogP contribution in [0, 0.1) is 12.8 Å². The molecule has 0 N–H and O–H groups in total. The van der Waals surface area contributed by atoms with Gasteiger partial charge in [-0.25, -0.2) is 8.42 Å². The molecule has 1 atom stereocenters. The van der Waals surface area contributed by atoms with Gasteiger partial charge in [-0.3, -0.25) is 4.79 Å². The van der Waals surface area contributed by atoms with Gasteiger partial charge in [0.25, 0.3) is 0 Å². The molecule has 2 heterocycles. The van der Waals surface area contributed by atoms with Gasteiger partial charge in [-0.2, -0.15) is 9.29 Å². The number of piperidine rings is 1. The number of carbonyl (C=O) groups is 1. The molecule has 2 aromatic carbocycles. The van der Waals surface area contributed by atoms with E-state index in [1.807, 2.05) is 37.3 Å². The summed E-state index contributed by atoms with van der Waals surface area (Å²) in [6, 6.07) is 16.2. The van der Waals surface area contributed by atoms with E-state index in [1.54, 1.807) is 31.3 Å². The van der Waals surface area contributed by atoms with Gasteiger partial charge in [-0.1, -0.05) is 53.2 Å². The van der Waals surface area contributed by atoms with Crippen LogP contribution in [0.3, 0.4) is 0 Å². The van der Waals surface area contributed by atoms with E-state index in [-0.39, 0.29) is 23.9 Å². The predicted molar refractivity (Wildman–Crippen MR) is 119 cm³/mol. The molecule has 0 radical (unpaired) electrons. The van der Waals surface area contributed by atoms with Crippen LogP contribution in [0.4, 0.5) is 0 Å². The van der Waals surface area contributed by atoms with E-state index in [9.17, 15) is 13.2 Å². The van der Waals surface area contributed by atoms with Gasteiger partial charge in [-0.15, -0.1) is 0 Å². The minimum atomic E-state index is -3.64. The summed E-state index contributed by atoms with van der Waals surface area (Å²) in [5.74, 6) is 0.257. The molecule has 1 saturated heterocycles. The first-order valence-electron chi connectivity index (χ1n) is 10.5. The van der Waals surface area contributed by atoms with E-state index in [2.05, 4.69) is 10.1 Å². The minimum Gasteiger partial charge on any atom is -0.337 e. The summed E-state index contributed by atoms with van der Waals surface area (Å²) in [4.78, 5) is 19.2. The molecule has 1 aromatic heterocycles. The lowest BCUT2D eigenvalue weighted by Gasteiger charge is -2.33. The average molecular weight is 455 g/mol. The van der Waals surface area contributed by atoms with Crippen molar-refractivity contribution < 1.29 is 17.7 Å². The topological polar surface area (TPSA) is 96.6 Å². The highest BCUT2D eigenvalue weighted by atomic mass is 32.2. The summed E-state index contributed by atoms with van der Waals surface area (Å²) in [6.45, 7) is 2.65. The molecule has 1 fully saturated rings. The molecule has 4 rings (SSSR count). The molecule has 8 nitrogen and oxygen atoms in total. The fourth-order valence-corrected chi connectivity index (χ4v) is 5.36. The lowest BCUT2D eigenvalue weighted by Crippen LogP contribution is -2.45. The molecule has 0 aliphatic carbocycles. The summed E-state index contributed by atoms with van der Waals surface area (Å²) in [5, 5.41) is 3.98. The number of aryl methyl sites for hydroxylation is 1. The SMILES string of the molecule is Cc1ccc(S(=O)(=O)N2CCCC(C(=O)N(C)Cc3nc(-c4ccccc4)no3)C2)cc1. The number of hydrogen-bond acceptors (Lipinski definition) is 6. The zero-order chi connectivity index (χ0) is 22.7. The van der Waals surface area contributed by atoms with Crippen molar-refractivity contribution in [3.05, 3.63) is 66.1 Å². The Balaban J connectivity index is 1.41. The maximum absolute atomic E-state index is 13.0. The number of aromatic nitrogens is 2. The Hall–Kier alpha value is -3.04. The van der Waals surface area contributed by atoms with Gasteiger partial charge in [0.15, 0.2) is 0 Å². The number of nitrogens with zero attached hydrogens (tertiary/aromatic N) is 4. The third-order valence-electron chi connectivity index (χ3n) is 5.64. The van der Waals surface area contributed by atoms with Crippen molar-refractivity contribution in [2.75, 3.05) is 20.1 Å². The maximum Gasteiger partial charge on any atom is 0.246 e. The monoisotopic (exact) mass is 454 g/mol. The van der Waals surface area contributed by atoms with E-state index in [4.69, 9.17) is 4.52 Å². The van der Waals surface area contributed by atoms with Crippen LogP contribution in [-0.2, 0) is 21.4 Å². The fourth-order valence-electron chi connectivity index (χ4n) is 3.84. The maximum atomic E-state index is 13.0. The molecule has 9 heteroatoms. The Labute approximate surface area is 187 Å². The van der Waals surface area contributed by atoms with Crippen LogP contribution in [0.1, 0.15) is 24.3 Å². The van der Waals surface area contributed by atoms with E-state index in [0.29, 0.717) is 31.1 Å². The van der Waals surface area contributed by atoms with Crippen LogP contribution in [0.15, 0.2) is 64.0 Å². The van der Waals surface area contributed by atoms with Crippen molar-refractivity contribution in [2.45, 2.75) is 31.2 Å². The van der Waals surface area contributed by atoms with Gasteiger partial charge in [0.05, 0.1) is 17.4 Å². The van der Waals surface area contributed by atoms with Gasteiger partial charge >= 0.3 is 0 Å². The number of benzene rings is 2. The second kappa shape index (κ2) is 9.22. The van der Waals surface area contributed by atoms with Crippen molar-refractivity contribution in [1.29, 1.82) is 0 Å². The van der Waals surface area contributed by atoms with Crippen LogP contribution in [0.25, 0.3) is 11.4 Å². The third kappa shape index (κ3) is 4.73. The summed E-state index contributed by atoms with van der Waals surface area (Å²) in [6.07, 6.45) is 1.27. The van der Waals surface area contributed by atoms with Crippen LogP contribution in [0.5, 0.6) is 0 Å². The summed E-state index contributed by atoms with van der Waals surface area (Å²) >= 11 is 0. The van der Waals surface area contributed by atoms with Crippen molar-refractivity contribution in [3.8, 4) is 11.4 Å². The molecule has 168 valence electrons. The summed E-state index contributed by atoms with van der Waals surface area (Å²) in [7, 11) is -1.97. The van der Waals surface area contributed by atoms with E-state index in [0.717, 1.165) is 11.1 Å². The quantitative estimate of drug-likeness (QED) is 0.568. The van der Waals surface area contributed by atoms with E-state index in [1.165, 1.54) is 9.21 Å². The molecule has 1 aliphatic heterocycles. The molecule has 0 saturated carbocycles. The Morgan fingerprint density at radius 2 is 1.88 bits per heavy atom. The second-order valence-electron chi connectivity index (χ2n) is 8.09. The first-order valence-corrected chi connectivity index (χ1v) is 12.0. The number of hydrogen-bond donors (Lipinski definition) is 0. The molecule has 0 spiro atoms. The lowest BCUT2D eigenvalue weighted by atomic mass is 9.98. The molecular weight excluding hydrogens is 428 g/mol. The Bertz CT molecular complexity index is 1180. The molecule has 1 aliphatic rings. The molecule has 1 unspecified atom stereocenters. The first-order chi connectivity index (χ1) is 15.3. The smallest absolute Gasteiger partial charge is 0.246 e. The van der Waals surface area contributed by atoms with Crippen molar-refractivity contribution in [1.82, 2.24) is 19.3 Å². The molecule has 32 heavy (non-hydrogen) atoms. The summed E-state index contributed by atoms with van der Waals surface area (Å²) < 4.78 is 32.8. The Morgan fingerprint density at radius 3 is 2.59 bits per heavy atom. The highest BCUT2D eigenvalue weighted by molar-refractivity contribution is 7.89. The van der Waals surface area contributed by atoms with E-state index < -0.39 is 15.9 Å². The van der Waals surface area contributed by atoms with Crippen LogP contribution in [-0.4, -0.2) is 53.8 Å². The standard InChI is InChI=1S/C23H26N4O4S/c1-17-10-12-20(13-11-17)32(29,30)27-14-6-9-19(15-27)23(28)26(2)16-21-24-22(25-31-21)18-7-4-3-5-8-18/h3-5,7-8,10-13,19H,6,9,14-16H2,1-2H3. The molecular formula is C23H26N4O4S. The number of sulfonamides is 1. The van der Waals surface area contributed by atoms with Gasteiger partial charge in [-0.05, 0) is 31.9 Å². The van der Waals surface area contributed by atoms with Gasteiger partial charge in [0.1, 0.15) is 0 Å². The highest BCUT2D eigenvalue weighted by Crippen LogP contribution is 2.25. The van der Waals surface area contributed by atoms with Crippen LogP contribution in [0.2, 0.25) is 0 Å². The number of carbonyl (C=O) groups excluding carboxylic acids is 1. The largest absolute Gasteiger partial charge is 0.337 e. The molecule has 3 aromatic rings. The van der Waals surface area contributed by atoms with Crippen molar-refractivity contribution >= 4 is 15.9 Å². The highest BCUT2D eigenvalue weighted by Gasteiger charge is 2.34. The van der Waals surface area contributed by atoms with E-state index >= 15 is 0 Å². The summed E-state index contributed by atoms with van der Waals surface area (Å²) in [5.41, 5.74) is 1.83. The predicted octanol–water partition coefficient (Wildman–Crippen LogP) is 3.10. The molecule has 1 amide bonds. The van der Waals surface area contributed by atoms with Gasteiger partial charge < -0.3 is 9.42 Å². The first kappa shape index (κ1) is 22.2. The normalized spacial score (nSPS) is 17.2. The zero-order valence-electron chi connectivity index (χ0n) is 18.1. The Kier molecular flexibility index (Phi) is 6.38. The third-order valence-corrected chi connectivity index (χ3v) is 7.52. The Morgan fingerprint density at radius 1 is 1.16 bits per heavy atom. The average Bonchev–Trinajstić information content (AvgIpc) is 3.28. The van der Waals surface area contributed by atoms with Crippen LogP contribution >= 0.6 is 0 Å².